The van der Waals surface area contributed by atoms with Crippen molar-refractivity contribution in [3.8, 4) is 5.75 Å². The summed E-state index contributed by atoms with van der Waals surface area (Å²) in [5, 5.41) is 6.95. The van der Waals surface area contributed by atoms with Crippen LogP contribution in [-0.4, -0.2) is 22.3 Å². The Labute approximate surface area is 135 Å². The van der Waals surface area contributed by atoms with E-state index >= 15 is 0 Å². The maximum absolute atomic E-state index is 13.9. The van der Waals surface area contributed by atoms with E-state index in [-0.39, 0.29) is 17.7 Å². The summed E-state index contributed by atoms with van der Waals surface area (Å²) in [7, 11) is 1.85. The molecule has 1 heterocycles. The molecule has 6 heteroatoms. The lowest BCUT2D eigenvalue weighted by atomic mass is 10.1. The molecule has 2 aromatic rings. The monoisotopic (exact) mass is 319 g/mol. The molecule has 0 aliphatic rings. The standard InChI is InChI=1S/C17H22FN3O2/c1-4-23-16-7-5-13(11-15(16)18)12(2)20-17(22)8-6-14-9-10-19-21(14)3/h5,7,9-12H,4,6,8H2,1-3H3,(H,20,22)/t12-/m1/s1. The lowest BCUT2D eigenvalue weighted by molar-refractivity contribution is -0.121. The zero-order valence-corrected chi connectivity index (χ0v) is 13.7. The fourth-order valence-corrected chi connectivity index (χ4v) is 2.34. The molecule has 0 radical (unpaired) electrons. The van der Waals surface area contributed by atoms with Gasteiger partial charge in [-0.1, -0.05) is 6.07 Å². The maximum atomic E-state index is 13.9. The molecule has 1 atom stereocenters. The molecule has 0 bridgehead atoms. The first-order chi connectivity index (χ1) is 11.0. The molecule has 0 aliphatic heterocycles. The molecule has 0 saturated carbocycles. The van der Waals surface area contributed by atoms with E-state index in [1.165, 1.54) is 6.07 Å². The second kappa shape index (κ2) is 7.76. The van der Waals surface area contributed by atoms with Gasteiger partial charge in [-0.05, 0) is 44.0 Å². The van der Waals surface area contributed by atoms with Gasteiger partial charge in [-0.2, -0.15) is 5.10 Å². The zero-order valence-electron chi connectivity index (χ0n) is 13.7. The van der Waals surface area contributed by atoms with Gasteiger partial charge in [0, 0.05) is 25.4 Å². The number of aromatic nitrogens is 2. The van der Waals surface area contributed by atoms with Crippen molar-refractivity contribution in [2.45, 2.75) is 32.7 Å². The Hall–Kier alpha value is -2.37. The van der Waals surface area contributed by atoms with Crippen LogP contribution in [0.4, 0.5) is 4.39 Å². The van der Waals surface area contributed by atoms with Crippen LogP contribution in [-0.2, 0) is 18.3 Å². The molecule has 1 aromatic heterocycles. The second-order valence-electron chi connectivity index (χ2n) is 5.36. The van der Waals surface area contributed by atoms with Crippen LogP contribution in [0.3, 0.4) is 0 Å². The first-order valence-electron chi connectivity index (χ1n) is 7.69. The van der Waals surface area contributed by atoms with Gasteiger partial charge in [0.05, 0.1) is 12.6 Å². The van der Waals surface area contributed by atoms with Gasteiger partial charge in [0.15, 0.2) is 11.6 Å². The summed E-state index contributed by atoms with van der Waals surface area (Å²) in [5.74, 6) is -0.265. The van der Waals surface area contributed by atoms with Crippen LogP contribution in [0.1, 0.15) is 37.6 Å². The molecule has 1 amide bonds. The van der Waals surface area contributed by atoms with Crippen molar-refractivity contribution in [1.29, 1.82) is 0 Å². The van der Waals surface area contributed by atoms with Crippen molar-refractivity contribution in [3.63, 3.8) is 0 Å². The lowest BCUT2D eigenvalue weighted by Gasteiger charge is -2.15. The summed E-state index contributed by atoms with van der Waals surface area (Å²) in [6.45, 7) is 4.05. The minimum atomic E-state index is -0.416. The number of halogens is 1. The molecule has 23 heavy (non-hydrogen) atoms. The predicted octanol–water partition coefficient (Wildman–Crippen LogP) is 2.77. The number of carbonyl (C=O) groups excluding carboxylic acids is 1. The van der Waals surface area contributed by atoms with Crippen LogP contribution in [0.2, 0.25) is 0 Å². The molecule has 5 nitrogen and oxygen atoms in total. The van der Waals surface area contributed by atoms with Crippen LogP contribution in [0, 0.1) is 5.82 Å². The highest BCUT2D eigenvalue weighted by Gasteiger charge is 2.13. The van der Waals surface area contributed by atoms with E-state index in [0.29, 0.717) is 25.0 Å². The molecule has 1 aromatic carbocycles. The first-order valence-corrected chi connectivity index (χ1v) is 7.69. The first kappa shape index (κ1) is 17.0. The fourth-order valence-electron chi connectivity index (χ4n) is 2.34. The van der Waals surface area contributed by atoms with Gasteiger partial charge >= 0.3 is 0 Å². The van der Waals surface area contributed by atoms with Crippen LogP contribution in [0.5, 0.6) is 5.75 Å². The Morgan fingerprint density at radius 1 is 1.43 bits per heavy atom. The number of benzene rings is 1. The highest BCUT2D eigenvalue weighted by Crippen LogP contribution is 2.22. The average molecular weight is 319 g/mol. The number of nitrogens with one attached hydrogen (secondary N) is 1. The highest BCUT2D eigenvalue weighted by atomic mass is 19.1. The molecule has 0 spiro atoms. The summed E-state index contributed by atoms with van der Waals surface area (Å²) in [6, 6.07) is 6.38. The third-order valence-electron chi connectivity index (χ3n) is 3.66. The van der Waals surface area contributed by atoms with E-state index in [9.17, 15) is 9.18 Å². The second-order valence-corrected chi connectivity index (χ2v) is 5.36. The van der Waals surface area contributed by atoms with E-state index in [1.54, 1.807) is 29.9 Å². The van der Waals surface area contributed by atoms with E-state index in [0.717, 1.165) is 5.69 Å². The summed E-state index contributed by atoms with van der Waals surface area (Å²) in [4.78, 5) is 12.0. The summed E-state index contributed by atoms with van der Waals surface area (Å²) >= 11 is 0. The number of hydrogen-bond acceptors (Lipinski definition) is 3. The topological polar surface area (TPSA) is 56.1 Å². The van der Waals surface area contributed by atoms with Crippen LogP contribution in [0.25, 0.3) is 0 Å². The third-order valence-corrected chi connectivity index (χ3v) is 3.66. The molecule has 0 unspecified atom stereocenters. The Kier molecular flexibility index (Phi) is 5.73. The zero-order chi connectivity index (χ0) is 16.8. The molecule has 0 aliphatic carbocycles. The van der Waals surface area contributed by atoms with Gasteiger partial charge in [0.2, 0.25) is 5.91 Å². The largest absolute Gasteiger partial charge is 0.491 e. The number of aryl methyl sites for hydroxylation is 2. The normalized spacial score (nSPS) is 12.0. The van der Waals surface area contributed by atoms with E-state index in [1.807, 2.05) is 20.0 Å². The van der Waals surface area contributed by atoms with Crippen LogP contribution >= 0.6 is 0 Å². The minimum absolute atomic E-state index is 0.0759. The third kappa shape index (κ3) is 4.55. The number of ether oxygens (including phenoxy) is 1. The number of nitrogens with zero attached hydrogens (tertiary/aromatic N) is 2. The quantitative estimate of drug-likeness (QED) is 0.854. The number of carbonyl (C=O) groups is 1. The Morgan fingerprint density at radius 2 is 2.22 bits per heavy atom. The summed E-state index contributed by atoms with van der Waals surface area (Å²) < 4.78 is 20.8. The highest BCUT2D eigenvalue weighted by molar-refractivity contribution is 5.76. The number of hydrogen-bond donors (Lipinski definition) is 1. The van der Waals surface area contributed by atoms with Crippen molar-refractivity contribution in [2.75, 3.05) is 6.61 Å². The number of amides is 1. The molecular formula is C17H22FN3O2. The Balaban J connectivity index is 1.90. The van der Waals surface area contributed by atoms with Crippen molar-refractivity contribution in [3.05, 3.63) is 47.5 Å². The van der Waals surface area contributed by atoms with Crippen molar-refractivity contribution in [2.24, 2.45) is 7.05 Å². The van der Waals surface area contributed by atoms with Gasteiger partial charge in [-0.3, -0.25) is 9.48 Å². The SMILES string of the molecule is CCOc1ccc([C@@H](C)NC(=O)CCc2ccnn2C)cc1F. The summed E-state index contributed by atoms with van der Waals surface area (Å²) in [5.41, 5.74) is 1.71. The van der Waals surface area contributed by atoms with Gasteiger partial charge in [-0.25, -0.2) is 4.39 Å². The molecule has 0 saturated heterocycles. The predicted molar refractivity (Wildman–Crippen MR) is 85.7 cm³/mol. The molecule has 1 N–H and O–H groups in total. The molecule has 2 rings (SSSR count). The van der Waals surface area contributed by atoms with Crippen molar-refractivity contribution < 1.29 is 13.9 Å². The molecule has 0 fully saturated rings. The Bertz CT molecular complexity index is 670. The molecular weight excluding hydrogens is 297 g/mol. The molecule has 124 valence electrons. The van der Waals surface area contributed by atoms with E-state index < -0.39 is 5.82 Å². The van der Waals surface area contributed by atoms with Gasteiger partial charge in [0.25, 0.3) is 0 Å². The van der Waals surface area contributed by atoms with Crippen molar-refractivity contribution in [1.82, 2.24) is 15.1 Å². The number of rotatable bonds is 7. The van der Waals surface area contributed by atoms with Gasteiger partial charge in [0.1, 0.15) is 0 Å². The van der Waals surface area contributed by atoms with Crippen LogP contribution < -0.4 is 10.1 Å². The van der Waals surface area contributed by atoms with Gasteiger partial charge < -0.3 is 10.1 Å². The van der Waals surface area contributed by atoms with Crippen LogP contribution in [0.15, 0.2) is 30.5 Å². The summed E-state index contributed by atoms with van der Waals surface area (Å²) in [6.07, 6.45) is 2.69. The lowest BCUT2D eigenvalue weighted by Crippen LogP contribution is -2.27. The smallest absolute Gasteiger partial charge is 0.220 e. The van der Waals surface area contributed by atoms with E-state index in [2.05, 4.69) is 10.4 Å². The van der Waals surface area contributed by atoms with Crippen molar-refractivity contribution >= 4 is 5.91 Å². The Morgan fingerprint density at radius 3 is 2.83 bits per heavy atom. The van der Waals surface area contributed by atoms with Gasteiger partial charge in [-0.15, -0.1) is 0 Å². The minimum Gasteiger partial charge on any atom is -0.491 e. The average Bonchev–Trinajstić information content (AvgIpc) is 2.92. The van der Waals surface area contributed by atoms with E-state index in [4.69, 9.17) is 4.74 Å². The fraction of sp³-hybridized carbons (Fsp3) is 0.412. The maximum Gasteiger partial charge on any atom is 0.220 e.